The van der Waals surface area contributed by atoms with Gasteiger partial charge in [-0.1, -0.05) is 0 Å². The van der Waals surface area contributed by atoms with Crippen LogP contribution in [0.5, 0.6) is 11.5 Å². The molecule has 3 aromatic rings. The molecule has 0 fully saturated rings. The predicted molar refractivity (Wildman–Crippen MR) is 106 cm³/mol. The van der Waals surface area contributed by atoms with Gasteiger partial charge in [-0.25, -0.2) is 0 Å². The minimum atomic E-state index is -0.200. The number of amides is 1. The van der Waals surface area contributed by atoms with Gasteiger partial charge in [0.1, 0.15) is 17.2 Å². The van der Waals surface area contributed by atoms with Crippen LogP contribution in [0.25, 0.3) is 10.2 Å². The third-order valence-electron chi connectivity index (χ3n) is 4.05. The van der Waals surface area contributed by atoms with Gasteiger partial charge in [0.15, 0.2) is 0 Å². The quantitative estimate of drug-likeness (QED) is 0.688. The van der Waals surface area contributed by atoms with Gasteiger partial charge in [-0.05, 0) is 39.2 Å². The fourth-order valence-electron chi connectivity index (χ4n) is 2.91. The van der Waals surface area contributed by atoms with E-state index in [9.17, 15) is 4.79 Å². The number of H-pyrrole nitrogens is 1. The van der Waals surface area contributed by atoms with E-state index in [2.05, 4.69) is 28.2 Å². The molecule has 6 nitrogen and oxygen atoms in total. The molecule has 2 N–H and O–H groups in total. The van der Waals surface area contributed by atoms with Crippen molar-refractivity contribution in [2.24, 2.45) is 0 Å². The van der Waals surface area contributed by atoms with Gasteiger partial charge in [0, 0.05) is 23.1 Å². The van der Waals surface area contributed by atoms with Crippen molar-refractivity contribution in [1.82, 2.24) is 9.88 Å². The Morgan fingerprint density at radius 1 is 1.23 bits per heavy atom. The van der Waals surface area contributed by atoms with Crippen LogP contribution in [0.15, 0.2) is 24.3 Å². The Bertz CT molecular complexity index is 943. The number of anilines is 1. The van der Waals surface area contributed by atoms with E-state index in [4.69, 9.17) is 9.47 Å². The van der Waals surface area contributed by atoms with Crippen molar-refractivity contribution in [2.75, 3.05) is 33.6 Å². The first kappa shape index (κ1) is 18.3. The molecule has 1 aromatic carbocycles. The maximum absolute atomic E-state index is 13.0. The van der Waals surface area contributed by atoms with Crippen molar-refractivity contribution in [2.45, 2.75) is 13.5 Å². The first-order valence-corrected chi connectivity index (χ1v) is 9.03. The van der Waals surface area contributed by atoms with Gasteiger partial charge >= 0.3 is 0 Å². The fourth-order valence-corrected chi connectivity index (χ4v) is 3.92. The molecular weight excluding hydrogens is 350 g/mol. The summed E-state index contributed by atoms with van der Waals surface area (Å²) in [6.45, 7) is 2.75. The Balaban J connectivity index is 1.99. The summed E-state index contributed by atoms with van der Waals surface area (Å²) in [5, 5.41) is 2.94. The highest BCUT2D eigenvalue weighted by atomic mass is 32.1. The van der Waals surface area contributed by atoms with Gasteiger partial charge < -0.3 is 24.7 Å². The van der Waals surface area contributed by atoms with Gasteiger partial charge in [0.05, 0.1) is 30.1 Å². The summed E-state index contributed by atoms with van der Waals surface area (Å²) in [5.41, 5.74) is 3.14. The molecule has 0 radical (unpaired) electrons. The van der Waals surface area contributed by atoms with Crippen molar-refractivity contribution in [1.29, 1.82) is 0 Å². The molecule has 0 aliphatic carbocycles. The lowest BCUT2D eigenvalue weighted by Gasteiger charge is -2.13. The largest absolute Gasteiger partial charge is 0.497 e. The number of methoxy groups -OCH3 is 2. The summed E-state index contributed by atoms with van der Waals surface area (Å²) in [5.74, 6) is 1.03. The summed E-state index contributed by atoms with van der Waals surface area (Å²) < 4.78 is 11.7. The number of rotatable bonds is 6. The van der Waals surface area contributed by atoms with Gasteiger partial charge in [-0.15, -0.1) is 11.3 Å². The predicted octanol–water partition coefficient (Wildman–Crippen LogP) is 3.87. The van der Waals surface area contributed by atoms with Crippen LogP contribution in [0.3, 0.4) is 0 Å². The number of hydrogen-bond acceptors (Lipinski definition) is 5. The Labute approximate surface area is 156 Å². The molecule has 7 heteroatoms. The molecule has 0 aliphatic heterocycles. The number of ether oxygens (including phenoxy) is 2. The van der Waals surface area contributed by atoms with Crippen molar-refractivity contribution in [3.05, 3.63) is 40.4 Å². The maximum atomic E-state index is 13.0. The molecule has 0 spiro atoms. The summed E-state index contributed by atoms with van der Waals surface area (Å²) in [6, 6.07) is 7.38. The minimum Gasteiger partial charge on any atom is -0.497 e. The highest BCUT2D eigenvalue weighted by Gasteiger charge is 2.21. The molecule has 0 saturated heterocycles. The Hall–Kier alpha value is -2.51. The molecule has 3 rings (SSSR count). The van der Waals surface area contributed by atoms with E-state index >= 15 is 0 Å². The number of carbonyl (C=O) groups is 1. The molecule has 26 heavy (non-hydrogen) atoms. The normalized spacial score (nSPS) is 11.2. The smallest absolute Gasteiger partial charge is 0.272 e. The molecule has 2 heterocycles. The van der Waals surface area contributed by atoms with Crippen molar-refractivity contribution >= 4 is 33.1 Å². The SMILES string of the molecule is COc1ccc(OC)c(NC(=O)c2[nH]c3cc(C)sc3c2CN(C)C)c1. The van der Waals surface area contributed by atoms with Crippen molar-refractivity contribution < 1.29 is 14.3 Å². The molecular formula is C19H23N3O3S. The maximum Gasteiger partial charge on any atom is 0.272 e. The Morgan fingerprint density at radius 2 is 2.00 bits per heavy atom. The monoisotopic (exact) mass is 373 g/mol. The van der Waals surface area contributed by atoms with Gasteiger partial charge in [0.2, 0.25) is 0 Å². The number of nitrogens with one attached hydrogen (secondary N) is 2. The number of carbonyl (C=O) groups excluding carboxylic acids is 1. The van der Waals surface area contributed by atoms with Gasteiger partial charge in [0.25, 0.3) is 5.91 Å². The first-order chi connectivity index (χ1) is 12.4. The summed E-state index contributed by atoms with van der Waals surface area (Å²) in [6.07, 6.45) is 0. The number of nitrogens with zero attached hydrogens (tertiary/aromatic N) is 1. The third kappa shape index (κ3) is 3.54. The topological polar surface area (TPSA) is 66.6 Å². The third-order valence-corrected chi connectivity index (χ3v) is 5.16. The number of hydrogen-bond donors (Lipinski definition) is 2. The van der Waals surface area contributed by atoms with E-state index in [-0.39, 0.29) is 5.91 Å². The molecule has 138 valence electrons. The lowest BCUT2D eigenvalue weighted by Crippen LogP contribution is -2.18. The number of benzene rings is 1. The van der Waals surface area contributed by atoms with E-state index in [0.717, 1.165) is 15.8 Å². The lowest BCUT2D eigenvalue weighted by atomic mass is 10.2. The second kappa shape index (κ2) is 7.39. The molecule has 2 aromatic heterocycles. The average Bonchev–Trinajstić information content (AvgIpc) is 3.11. The van der Waals surface area contributed by atoms with Crippen molar-refractivity contribution in [3.63, 3.8) is 0 Å². The van der Waals surface area contributed by atoms with E-state index in [0.29, 0.717) is 29.4 Å². The highest BCUT2D eigenvalue weighted by molar-refractivity contribution is 7.19. The van der Waals surface area contributed by atoms with Crippen LogP contribution in [-0.4, -0.2) is 44.1 Å². The van der Waals surface area contributed by atoms with Crippen LogP contribution in [0.1, 0.15) is 20.9 Å². The van der Waals surface area contributed by atoms with Crippen LogP contribution in [0.4, 0.5) is 5.69 Å². The van der Waals surface area contributed by atoms with Gasteiger partial charge in [-0.2, -0.15) is 0 Å². The molecule has 0 bridgehead atoms. The molecule has 0 atom stereocenters. The zero-order valence-corrected chi connectivity index (χ0v) is 16.4. The zero-order chi connectivity index (χ0) is 18.8. The van der Waals surface area contributed by atoms with E-state index < -0.39 is 0 Å². The van der Waals surface area contributed by atoms with Crippen LogP contribution < -0.4 is 14.8 Å². The highest BCUT2D eigenvalue weighted by Crippen LogP contribution is 2.33. The lowest BCUT2D eigenvalue weighted by molar-refractivity contribution is 0.102. The van der Waals surface area contributed by atoms with Crippen LogP contribution in [0, 0.1) is 6.92 Å². The number of aromatic nitrogens is 1. The molecule has 0 saturated carbocycles. The van der Waals surface area contributed by atoms with Crippen LogP contribution in [0.2, 0.25) is 0 Å². The Kier molecular flexibility index (Phi) is 5.20. The van der Waals surface area contributed by atoms with Gasteiger partial charge in [-0.3, -0.25) is 4.79 Å². The molecule has 1 amide bonds. The zero-order valence-electron chi connectivity index (χ0n) is 15.6. The van der Waals surface area contributed by atoms with Crippen molar-refractivity contribution in [3.8, 4) is 11.5 Å². The minimum absolute atomic E-state index is 0.200. The average molecular weight is 373 g/mol. The standard InChI is InChI=1S/C19H23N3O3S/c1-11-8-15-18(26-11)13(10-22(2)3)17(20-15)19(23)21-14-9-12(24-4)6-7-16(14)25-5/h6-9,20H,10H2,1-5H3,(H,21,23). The Morgan fingerprint density at radius 3 is 2.65 bits per heavy atom. The fraction of sp³-hybridized carbons (Fsp3) is 0.316. The van der Waals surface area contributed by atoms with Crippen LogP contribution >= 0.6 is 11.3 Å². The van der Waals surface area contributed by atoms with E-state index in [1.165, 1.54) is 4.88 Å². The van der Waals surface area contributed by atoms with E-state index in [1.807, 2.05) is 14.1 Å². The second-order valence-electron chi connectivity index (χ2n) is 6.34. The van der Waals surface area contributed by atoms with Crippen LogP contribution in [-0.2, 0) is 6.54 Å². The number of thiophene rings is 1. The summed E-state index contributed by atoms with van der Waals surface area (Å²) in [7, 11) is 7.14. The number of aryl methyl sites for hydroxylation is 1. The number of fused-ring (bicyclic) bond motifs is 1. The first-order valence-electron chi connectivity index (χ1n) is 8.22. The van der Waals surface area contributed by atoms with E-state index in [1.54, 1.807) is 43.8 Å². The summed E-state index contributed by atoms with van der Waals surface area (Å²) >= 11 is 1.70. The summed E-state index contributed by atoms with van der Waals surface area (Å²) in [4.78, 5) is 19.5. The second-order valence-corrected chi connectivity index (χ2v) is 7.59. The molecule has 0 aliphatic rings. The number of aromatic amines is 1. The molecule has 0 unspecified atom stereocenters.